The van der Waals surface area contributed by atoms with Crippen LogP contribution in [0.25, 0.3) is 0 Å². The molecule has 0 heterocycles. The first-order valence-electron chi connectivity index (χ1n) is 8.33. The van der Waals surface area contributed by atoms with E-state index in [-0.39, 0.29) is 57.5 Å². The summed E-state index contributed by atoms with van der Waals surface area (Å²) in [5, 5.41) is 3.31. The van der Waals surface area contributed by atoms with Gasteiger partial charge in [0.1, 0.15) is 4.90 Å². The second kappa shape index (κ2) is 8.14. The van der Waals surface area contributed by atoms with Crippen molar-refractivity contribution in [3.8, 4) is 0 Å². The molecule has 0 unspecified atom stereocenters. The van der Waals surface area contributed by atoms with Crippen LogP contribution >= 0.6 is 11.6 Å². The van der Waals surface area contributed by atoms with Gasteiger partial charge in [0.05, 0.1) is 22.5 Å². The van der Waals surface area contributed by atoms with Gasteiger partial charge in [-0.3, -0.25) is 14.1 Å². The molecule has 0 bridgehead atoms. The third kappa shape index (κ3) is 3.78. The van der Waals surface area contributed by atoms with Crippen LogP contribution in [-0.2, 0) is 10.1 Å². The summed E-state index contributed by atoms with van der Waals surface area (Å²) in [5.74, 6) is -1.10. The zero-order valence-corrected chi connectivity index (χ0v) is 16.2. The predicted octanol–water partition coefficient (Wildman–Crippen LogP) is 3.04. The quantitative estimate of drug-likeness (QED) is 0.248. The van der Waals surface area contributed by atoms with Gasteiger partial charge in [0.2, 0.25) is 0 Å². The van der Waals surface area contributed by atoms with Crippen molar-refractivity contribution < 1.29 is 22.6 Å². The van der Waals surface area contributed by atoms with Crippen molar-refractivity contribution in [2.75, 3.05) is 11.1 Å². The van der Waals surface area contributed by atoms with Crippen LogP contribution in [0.5, 0.6) is 0 Å². The first-order chi connectivity index (χ1) is 13.7. The number of nitrogen functional groups attached to an aromatic ring is 1. The summed E-state index contributed by atoms with van der Waals surface area (Å²) in [7, 11) is -4.76. The second-order valence-electron chi connectivity index (χ2n) is 6.40. The van der Waals surface area contributed by atoms with Crippen molar-refractivity contribution >= 4 is 79.9 Å². The number of carbonyl (C=O) groups is 2. The Morgan fingerprint density at radius 1 is 0.900 bits per heavy atom. The maximum atomic E-state index is 13.2. The Hall–Kier alpha value is -2.20. The summed E-state index contributed by atoms with van der Waals surface area (Å²) >= 11 is 5.99. The fourth-order valence-electron chi connectivity index (χ4n) is 3.33. The van der Waals surface area contributed by atoms with Crippen molar-refractivity contribution in [1.82, 2.24) is 0 Å². The number of ketones is 2. The summed E-state index contributed by atoms with van der Waals surface area (Å²) < 4.78 is 33.3. The van der Waals surface area contributed by atoms with E-state index in [0.717, 1.165) is 6.07 Å². The minimum atomic E-state index is -4.76. The van der Waals surface area contributed by atoms with Crippen LogP contribution in [0.1, 0.15) is 31.8 Å². The Bertz CT molecular complexity index is 1320. The number of benzene rings is 3. The fourth-order valence-corrected chi connectivity index (χ4v) is 4.16. The number of nitrogens with one attached hydrogen (secondary N) is 1. The van der Waals surface area contributed by atoms with E-state index in [2.05, 4.69) is 5.32 Å². The number of carbonyl (C=O) groups excluding carboxylic acids is 2. The van der Waals surface area contributed by atoms with Crippen molar-refractivity contribution in [3.63, 3.8) is 0 Å². The summed E-state index contributed by atoms with van der Waals surface area (Å²) in [5.41, 5.74) is 5.85. The molecule has 30 heavy (non-hydrogen) atoms. The van der Waals surface area contributed by atoms with E-state index >= 15 is 0 Å². The Kier molecular flexibility index (Phi) is 6.10. The molecule has 10 heteroatoms. The molecule has 7 nitrogen and oxygen atoms in total. The molecule has 4 rings (SSSR count). The normalized spacial score (nSPS) is 12.6. The summed E-state index contributed by atoms with van der Waals surface area (Å²) in [4.78, 5) is 25.5. The van der Waals surface area contributed by atoms with Crippen LogP contribution in [0, 0.1) is 0 Å². The first-order valence-corrected chi connectivity index (χ1v) is 10.2. The zero-order chi connectivity index (χ0) is 20.9. The van der Waals surface area contributed by atoms with Crippen molar-refractivity contribution in [2.45, 2.75) is 4.90 Å². The Labute approximate surface area is 199 Å². The molecule has 0 atom stereocenters. The molecule has 4 N–H and O–H groups in total. The molecule has 0 amide bonds. The molecule has 1 aliphatic carbocycles. The number of rotatable bonds is 3. The van der Waals surface area contributed by atoms with Crippen LogP contribution in [0.15, 0.2) is 59.5 Å². The topological polar surface area (TPSA) is 127 Å². The number of halogens is 1. The monoisotopic (exact) mass is 452 g/mol. The average molecular weight is 453 g/mol. The summed E-state index contributed by atoms with van der Waals surface area (Å²) in [6.45, 7) is 0. The minimum absolute atomic E-state index is 0. The number of hydrogen-bond acceptors (Lipinski definition) is 6. The van der Waals surface area contributed by atoms with Crippen molar-refractivity contribution in [1.29, 1.82) is 0 Å². The molecule has 0 aliphatic heterocycles. The van der Waals surface area contributed by atoms with Gasteiger partial charge in [-0.15, -0.1) is 0 Å². The summed E-state index contributed by atoms with van der Waals surface area (Å²) in [6.07, 6.45) is 0. The van der Waals surface area contributed by atoms with Gasteiger partial charge in [-0.2, -0.15) is 8.42 Å². The number of hydrogen-bond donors (Lipinski definition) is 3. The Morgan fingerprint density at radius 3 is 2.07 bits per heavy atom. The van der Waals surface area contributed by atoms with Crippen LogP contribution in [0.2, 0.25) is 5.02 Å². The van der Waals surface area contributed by atoms with Gasteiger partial charge in [-0.25, -0.2) is 0 Å². The van der Waals surface area contributed by atoms with E-state index in [4.69, 9.17) is 17.3 Å². The summed E-state index contributed by atoms with van der Waals surface area (Å²) in [6, 6.07) is 13.7. The first kappa shape index (κ1) is 22.5. The van der Waals surface area contributed by atoms with Crippen LogP contribution in [-0.4, -0.2) is 54.1 Å². The van der Waals surface area contributed by atoms with Crippen molar-refractivity contribution in [3.05, 3.63) is 81.9 Å². The molecule has 0 spiro atoms. The molecule has 0 radical (unpaired) electrons. The fraction of sp³-hybridized carbons (Fsp3) is 0. The Morgan fingerprint density at radius 2 is 1.50 bits per heavy atom. The van der Waals surface area contributed by atoms with Crippen LogP contribution in [0.3, 0.4) is 0 Å². The van der Waals surface area contributed by atoms with E-state index in [0.29, 0.717) is 10.7 Å². The van der Waals surface area contributed by atoms with Gasteiger partial charge in [0.25, 0.3) is 10.1 Å². The number of anilines is 3. The molecule has 0 saturated carbocycles. The molecule has 0 fully saturated rings. The average Bonchev–Trinajstić information content (AvgIpc) is 2.66. The van der Waals surface area contributed by atoms with Gasteiger partial charge >= 0.3 is 29.6 Å². The van der Waals surface area contributed by atoms with Gasteiger partial charge < -0.3 is 11.1 Å². The molecule has 3 aromatic rings. The predicted molar refractivity (Wildman–Crippen MR) is 116 cm³/mol. The van der Waals surface area contributed by atoms with Crippen LogP contribution < -0.4 is 11.1 Å². The van der Waals surface area contributed by atoms with Crippen molar-refractivity contribution in [2.24, 2.45) is 0 Å². The third-order valence-electron chi connectivity index (χ3n) is 4.58. The SMILES string of the molecule is Nc1c(S(=O)(=O)O)cc(Nc2cccc(Cl)c2)c2c1C(=O)c1ccccc1C2=O.[NaH]. The molecular weight excluding hydrogens is 439 g/mol. The number of nitrogens with two attached hydrogens (primary N) is 1. The molecular formula is C20H14ClN2NaO5S. The molecule has 0 saturated heterocycles. The standard InChI is InChI=1S/C20H13ClN2O5S.Na.H/c21-10-4-3-5-11(8-10)23-14-9-15(29(26,27)28)18(22)17-16(14)19(24)12-6-1-2-7-13(12)20(17)25;;/h1-9,23H,22H2,(H,26,27,28);;. The van der Waals surface area contributed by atoms with E-state index in [1.165, 1.54) is 12.1 Å². The second-order valence-corrected chi connectivity index (χ2v) is 8.23. The van der Waals surface area contributed by atoms with Crippen LogP contribution in [0.4, 0.5) is 17.1 Å². The van der Waals surface area contributed by atoms with E-state index < -0.39 is 32.3 Å². The van der Waals surface area contributed by atoms with E-state index in [9.17, 15) is 22.6 Å². The molecule has 0 aromatic heterocycles. The zero-order valence-electron chi connectivity index (χ0n) is 14.6. The molecule has 1 aliphatic rings. The molecule has 148 valence electrons. The van der Waals surface area contributed by atoms with E-state index in [1.54, 1.807) is 36.4 Å². The molecule has 3 aromatic carbocycles. The van der Waals surface area contributed by atoms with Gasteiger partial charge in [-0.05, 0) is 24.3 Å². The third-order valence-corrected chi connectivity index (χ3v) is 5.71. The maximum absolute atomic E-state index is 13.2. The van der Waals surface area contributed by atoms with Gasteiger partial charge in [0, 0.05) is 21.8 Å². The van der Waals surface area contributed by atoms with Gasteiger partial charge in [-0.1, -0.05) is 41.9 Å². The number of fused-ring (bicyclic) bond motifs is 2. The van der Waals surface area contributed by atoms with Gasteiger partial charge in [0.15, 0.2) is 11.6 Å². The van der Waals surface area contributed by atoms with E-state index in [1.807, 2.05) is 0 Å². The Balaban J connectivity index is 0.00000256.